The maximum atomic E-state index is 6.22. The molecule has 0 bridgehead atoms. The maximum Gasteiger partial charge on any atom is 0.156 e. The van der Waals surface area contributed by atoms with Crippen LogP contribution < -0.4 is 9.47 Å². The monoisotopic (exact) mass is 468 g/mol. The predicted octanol–water partition coefficient (Wildman–Crippen LogP) is 7.08. The first-order valence-corrected chi connectivity index (χ1v) is 9.26. The number of hydrogen-bond acceptors (Lipinski definition) is 2. The van der Waals surface area contributed by atoms with Crippen molar-refractivity contribution in [1.82, 2.24) is 0 Å². The zero-order chi connectivity index (χ0) is 17.5. The molecule has 0 saturated carbocycles. The molecule has 0 aliphatic heterocycles. The summed E-state index contributed by atoms with van der Waals surface area (Å²) in [5, 5.41) is 0.767. The molecule has 128 valence electrons. The number of halogens is 5. The van der Waals surface area contributed by atoms with Crippen LogP contribution in [0.25, 0.3) is 0 Å². The lowest BCUT2D eigenvalue weighted by Crippen LogP contribution is -2.03. The second-order valence-corrected chi connectivity index (χ2v) is 7.48. The van der Waals surface area contributed by atoms with Crippen LogP contribution in [-0.4, -0.2) is 13.2 Å². The molecule has 0 N–H and O–H groups in total. The maximum absolute atomic E-state index is 6.22. The fourth-order valence-electron chi connectivity index (χ4n) is 1.88. The van der Waals surface area contributed by atoms with Gasteiger partial charge in [-0.1, -0.05) is 74.5 Å². The lowest BCUT2D eigenvalue weighted by molar-refractivity contribution is 0.320. The van der Waals surface area contributed by atoms with E-state index in [1.54, 1.807) is 12.1 Å². The molecule has 2 rings (SSSR count). The van der Waals surface area contributed by atoms with E-state index in [0.717, 1.165) is 16.5 Å². The molecule has 0 saturated heterocycles. The number of hydrogen-bond donors (Lipinski definition) is 0. The second kappa shape index (κ2) is 9.79. The van der Waals surface area contributed by atoms with Gasteiger partial charge in [-0.2, -0.15) is 0 Å². The third-order valence-corrected chi connectivity index (χ3v) is 4.41. The minimum absolute atomic E-state index is 0.139. The van der Waals surface area contributed by atoms with E-state index in [-0.39, 0.29) is 11.1 Å². The topological polar surface area (TPSA) is 18.5 Å². The molecule has 0 aliphatic carbocycles. The molecule has 7 heteroatoms. The summed E-state index contributed by atoms with van der Waals surface area (Å²) < 4.78 is 12.3. The Hall–Kier alpha value is -0.580. The van der Waals surface area contributed by atoms with Crippen molar-refractivity contribution in [3.05, 3.63) is 67.0 Å². The summed E-state index contributed by atoms with van der Waals surface area (Å²) in [7, 11) is 0. The normalized spacial score (nSPS) is 10.4. The Morgan fingerprint density at radius 3 is 2.21 bits per heavy atom. The zero-order valence-electron chi connectivity index (χ0n) is 12.4. The van der Waals surface area contributed by atoms with Crippen LogP contribution in [0.4, 0.5) is 0 Å². The minimum atomic E-state index is 0.139. The zero-order valence-corrected chi connectivity index (χ0v) is 17.0. The van der Waals surface area contributed by atoms with Gasteiger partial charge in [0.15, 0.2) is 5.75 Å². The molecule has 0 radical (unpaired) electrons. The largest absolute Gasteiger partial charge is 0.490 e. The Bertz CT molecular complexity index is 690. The van der Waals surface area contributed by atoms with Gasteiger partial charge in [0, 0.05) is 23.0 Å². The molecule has 0 heterocycles. The molecular formula is C17H13BrCl4O2. The van der Waals surface area contributed by atoms with E-state index in [0.29, 0.717) is 28.2 Å². The summed E-state index contributed by atoms with van der Waals surface area (Å²) in [4.78, 5) is 0. The van der Waals surface area contributed by atoms with Crippen molar-refractivity contribution in [3.63, 3.8) is 0 Å². The predicted molar refractivity (Wildman–Crippen MR) is 105 cm³/mol. The van der Waals surface area contributed by atoms with Crippen LogP contribution in [0.5, 0.6) is 11.5 Å². The van der Waals surface area contributed by atoms with E-state index < -0.39 is 0 Å². The Morgan fingerprint density at radius 1 is 1.00 bits per heavy atom. The highest BCUT2D eigenvalue weighted by molar-refractivity contribution is 9.10. The molecule has 0 spiro atoms. The molecule has 0 fully saturated rings. The van der Waals surface area contributed by atoms with Gasteiger partial charge in [-0.3, -0.25) is 0 Å². The first-order valence-electron chi connectivity index (χ1n) is 6.96. The first-order chi connectivity index (χ1) is 11.5. The average Bonchev–Trinajstić information content (AvgIpc) is 2.51. The molecule has 24 heavy (non-hydrogen) atoms. The van der Waals surface area contributed by atoms with Crippen molar-refractivity contribution in [2.75, 3.05) is 13.2 Å². The summed E-state index contributed by atoms with van der Waals surface area (Å²) >= 11 is 26.9. The van der Waals surface area contributed by atoms with Crippen LogP contribution in [0, 0.1) is 0 Å². The Morgan fingerprint density at radius 2 is 1.62 bits per heavy atom. The van der Waals surface area contributed by atoms with E-state index in [4.69, 9.17) is 55.9 Å². The van der Waals surface area contributed by atoms with Crippen LogP contribution in [0.15, 0.2) is 51.4 Å². The number of benzene rings is 2. The molecule has 2 aromatic rings. The van der Waals surface area contributed by atoms with E-state index in [2.05, 4.69) is 15.9 Å². The van der Waals surface area contributed by atoms with Gasteiger partial charge in [-0.25, -0.2) is 0 Å². The van der Waals surface area contributed by atoms with Gasteiger partial charge in [-0.15, -0.1) is 0 Å². The fourth-order valence-corrected chi connectivity index (χ4v) is 2.85. The van der Waals surface area contributed by atoms with Gasteiger partial charge in [0.2, 0.25) is 0 Å². The van der Waals surface area contributed by atoms with Crippen molar-refractivity contribution in [2.45, 2.75) is 6.42 Å². The molecule has 0 aliphatic rings. The highest BCUT2D eigenvalue weighted by Gasteiger charge is 2.10. The summed E-state index contributed by atoms with van der Waals surface area (Å²) in [5.41, 5.74) is 1.16. The summed E-state index contributed by atoms with van der Waals surface area (Å²) in [6, 6.07) is 11.3. The highest BCUT2D eigenvalue weighted by Crippen LogP contribution is 2.37. The molecule has 0 aromatic heterocycles. The summed E-state index contributed by atoms with van der Waals surface area (Å²) in [5.74, 6) is 0.949. The smallest absolute Gasteiger partial charge is 0.156 e. The second-order valence-electron chi connectivity index (χ2n) is 4.75. The van der Waals surface area contributed by atoms with Gasteiger partial charge in [-0.05, 0) is 23.8 Å². The standard InChI is InChI=1S/C17H13BrCl4O2/c18-12-3-1-11(2-4-12)5-7-24-17-14(19)9-13(10-15(17)20)23-8-6-16(21)22/h1-4,6,9-10H,5,7-8H2. The van der Waals surface area contributed by atoms with Gasteiger partial charge < -0.3 is 9.47 Å². The van der Waals surface area contributed by atoms with Crippen LogP contribution in [-0.2, 0) is 6.42 Å². The lowest BCUT2D eigenvalue weighted by atomic mass is 10.2. The first kappa shape index (κ1) is 19.7. The van der Waals surface area contributed by atoms with E-state index >= 15 is 0 Å². The van der Waals surface area contributed by atoms with Gasteiger partial charge in [0.05, 0.1) is 16.7 Å². The fraction of sp³-hybridized carbons (Fsp3) is 0.176. The van der Waals surface area contributed by atoms with Crippen LogP contribution in [0.2, 0.25) is 10.0 Å². The number of rotatable bonds is 7. The van der Waals surface area contributed by atoms with Gasteiger partial charge in [0.1, 0.15) is 16.8 Å². The van der Waals surface area contributed by atoms with Crippen LogP contribution in [0.1, 0.15) is 5.56 Å². The summed E-state index contributed by atoms with van der Waals surface area (Å²) in [6.07, 6.45) is 2.27. The van der Waals surface area contributed by atoms with E-state index in [1.165, 1.54) is 6.08 Å². The minimum Gasteiger partial charge on any atom is -0.490 e. The SMILES string of the molecule is ClC(Cl)=CCOc1cc(Cl)c(OCCc2ccc(Br)cc2)c(Cl)c1. The van der Waals surface area contributed by atoms with E-state index in [9.17, 15) is 0 Å². The quantitative estimate of drug-likeness (QED) is 0.430. The van der Waals surface area contributed by atoms with Crippen LogP contribution >= 0.6 is 62.3 Å². The number of ether oxygens (including phenoxy) is 2. The third kappa shape index (κ3) is 6.38. The van der Waals surface area contributed by atoms with E-state index in [1.807, 2.05) is 24.3 Å². The van der Waals surface area contributed by atoms with Gasteiger partial charge in [0.25, 0.3) is 0 Å². The highest BCUT2D eigenvalue weighted by atomic mass is 79.9. The van der Waals surface area contributed by atoms with Crippen molar-refractivity contribution in [3.8, 4) is 11.5 Å². The molecule has 2 nitrogen and oxygen atoms in total. The molecular weight excluding hydrogens is 458 g/mol. The molecule has 2 aromatic carbocycles. The Kier molecular flexibility index (Phi) is 8.05. The van der Waals surface area contributed by atoms with Crippen molar-refractivity contribution >= 4 is 62.3 Å². The molecule has 0 atom stereocenters. The van der Waals surface area contributed by atoms with Crippen molar-refractivity contribution < 1.29 is 9.47 Å². The van der Waals surface area contributed by atoms with Crippen molar-refractivity contribution in [1.29, 1.82) is 0 Å². The Labute approximate surface area is 169 Å². The van der Waals surface area contributed by atoms with Crippen molar-refractivity contribution in [2.24, 2.45) is 0 Å². The summed E-state index contributed by atoms with van der Waals surface area (Å²) in [6.45, 7) is 0.685. The van der Waals surface area contributed by atoms with Gasteiger partial charge >= 0.3 is 0 Å². The molecule has 0 amide bonds. The lowest BCUT2D eigenvalue weighted by Gasteiger charge is -2.12. The Balaban J connectivity index is 1.95. The third-order valence-electron chi connectivity index (χ3n) is 3.01. The average molecular weight is 471 g/mol. The molecule has 0 unspecified atom stereocenters. The van der Waals surface area contributed by atoms with Crippen LogP contribution in [0.3, 0.4) is 0 Å².